The first kappa shape index (κ1) is 23.5. The number of hydrogen-bond acceptors (Lipinski definition) is 5. The quantitative estimate of drug-likeness (QED) is 0.349. The Morgan fingerprint density at radius 1 is 0.879 bits per heavy atom. The molecule has 0 bridgehead atoms. The third-order valence-electron chi connectivity index (χ3n) is 5.45. The van der Waals surface area contributed by atoms with Crippen molar-refractivity contribution < 1.29 is 30.9 Å². The number of ether oxygens (including phenoxy) is 2. The van der Waals surface area contributed by atoms with E-state index in [9.17, 15) is 17.2 Å². The number of benzene rings is 3. The van der Waals surface area contributed by atoms with Crippen LogP contribution in [0.15, 0.2) is 91.0 Å². The van der Waals surface area contributed by atoms with E-state index in [1.807, 2.05) is 91.0 Å². The Labute approximate surface area is 192 Å². The van der Waals surface area contributed by atoms with Crippen molar-refractivity contribution in [3.63, 3.8) is 0 Å². The van der Waals surface area contributed by atoms with Gasteiger partial charge in [0.1, 0.15) is 5.60 Å². The van der Waals surface area contributed by atoms with Gasteiger partial charge in [0.15, 0.2) is 0 Å². The second-order valence-electron chi connectivity index (χ2n) is 7.95. The first-order chi connectivity index (χ1) is 15.7. The lowest BCUT2D eigenvalue weighted by Gasteiger charge is -2.36. The van der Waals surface area contributed by atoms with Gasteiger partial charge in [0.2, 0.25) is 6.29 Å². The largest absolute Gasteiger partial charge is 0.358 e. The maximum Gasteiger partial charge on any atom is 0.301 e. The first-order valence-corrected chi connectivity index (χ1v) is 12.2. The maximum atomic E-state index is 14.4. The average Bonchev–Trinajstić information content (AvgIpc) is 3.08. The van der Waals surface area contributed by atoms with E-state index >= 15 is 0 Å². The van der Waals surface area contributed by atoms with Crippen LogP contribution in [0.4, 0.5) is 8.78 Å². The molecule has 0 spiro atoms. The Balaban J connectivity index is 1.71. The minimum absolute atomic E-state index is 0.210. The summed E-state index contributed by atoms with van der Waals surface area (Å²) in [5.41, 5.74) is 1.35. The van der Waals surface area contributed by atoms with E-state index < -0.39 is 40.5 Å². The zero-order chi connectivity index (χ0) is 23.5. The zero-order valence-corrected chi connectivity index (χ0v) is 18.8. The van der Waals surface area contributed by atoms with Gasteiger partial charge in [-0.2, -0.15) is 8.42 Å². The summed E-state index contributed by atoms with van der Waals surface area (Å²) in [6.45, 7) is -0.210. The van der Waals surface area contributed by atoms with Gasteiger partial charge >= 0.3 is 5.92 Å². The van der Waals surface area contributed by atoms with Gasteiger partial charge in [-0.3, -0.25) is 0 Å². The Morgan fingerprint density at radius 3 is 1.70 bits per heavy atom. The highest BCUT2D eigenvalue weighted by Crippen LogP contribution is 2.43. The fourth-order valence-corrected chi connectivity index (χ4v) is 4.56. The van der Waals surface area contributed by atoms with Gasteiger partial charge in [0.25, 0.3) is 10.1 Å². The minimum atomic E-state index is -4.12. The van der Waals surface area contributed by atoms with Crippen molar-refractivity contribution in [1.29, 1.82) is 0 Å². The van der Waals surface area contributed by atoms with Crippen molar-refractivity contribution in [3.8, 4) is 0 Å². The highest BCUT2D eigenvalue weighted by Gasteiger charge is 2.53. The van der Waals surface area contributed by atoms with E-state index in [4.69, 9.17) is 9.47 Å². The molecule has 0 radical (unpaired) electrons. The van der Waals surface area contributed by atoms with Crippen LogP contribution in [-0.2, 0) is 29.4 Å². The predicted molar refractivity (Wildman–Crippen MR) is 119 cm³/mol. The van der Waals surface area contributed by atoms with Gasteiger partial charge in [-0.05, 0) is 16.7 Å². The van der Waals surface area contributed by atoms with E-state index in [0.717, 1.165) is 16.7 Å². The average molecular weight is 475 g/mol. The monoisotopic (exact) mass is 474 g/mol. The summed E-state index contributed by atoms with van der Waals surface area (Å²) in [6.07, 6.45) is -3.26. The standard InChI is InChI=1S/C25H24F2O5S/c1-33(28,29)32-23-24(26,27)17-22(31-23)18-30-25(19-11-5-2-6-12-19,20-13-7-3-8-14-20)21-15-9-4-10-16-21/h2-16,22-23H,17-18H2,1H3/t22-,23-/m1/s1. The smallest absolute Gasteiger partial charge is 0.301 e. The molecule has 4 rings (SSSR count). The predicted octanol–water partition coefficient (Wildman–Crippen LogP) is 4.72. The summed E-state index contributed by atoms with van der Waals surface area (Å²) in [6, 6.07) is 28.5. The minimum Gasteiger partial charge on any atom is -0.358 e. The zero-order valence-electron chi connectivity index (χ0n) is 17.9. The number of alkyl halides is 2. The number of halogens is 2. The van der Waals surface area contributed by atoms with Gasteiger partial charge in [-0.15, -0.1) is 0 Å². The molecule has 3 aromatic carbocycles. The fraction of sp³-hybridized carbons (Fsp3) is 0.280. The molecule has 0 amide bonds. The van der Waals surface area contributed by atoms with E-state index in [0.29, 0.717) is 6.26 Å². The molecular weight excluding hydrogens is 450 g/mol. The summed E-state index contributed by atoms with van der Waals surface area (Å²) in [7, 11) is -4.12. The third-order valence-corrected chi connectivity index (χ3v) is 5.97. The Hall–Kier alpha value is -2.65. The molecule has 1 fully saturated rings. The van der Waals surface area contributed by atoms with Gasteiger partial charge in [-0.1, -0.05) is 91.0 Å². The maximum absolute atomic E-state index is 14.4. The van der Waals surface area contributed by atoms with E-state index in [2.05, 4.69) is 4.18 Å². The van der Waals surface area contributed by atoms with Crippen LogP contribution in [0.1, 0.15) is 23.1 Å². The highest BCUT2D eigenvalue weighted by molar-refractivity contribution is 7.86. The Bertz CT molecular complexity index is 1060. The molecule has 0 unspecified atom stereocenters. The van der Waals surface area contributed by atoms with E-state index in [1.54, 1.807) is 0 Å². The fourth-order valence-electron chi connectivity index (χ4n) is 4.06. The van der Waals surface area contributed by atoms with Gasteiger partial charge in [0.05, 0.1) is 19.0 Å². The van der Waals surface area contributed by atoms with Crippen LogP contribution in [0.25, 0.3) is 0 Å². The first-order valence-electron chi connectivity index (χ1n) is 10.4. The normalized spacial score (nSPS) is 20.6. The summed E-state index contributed by atoms with van der Waals surface area (Å²) >= 11 is 0. The van der Waals surface area contributed by atoms with Crippen molar-refractivity contribution in [2.45, 2.75) is 30.3 Å². The van der Waals surface area contributed by atoms with Crippen LogP contribution in [0.3, 0.4) is 0 Å². The van der Waals surface area contributed by atoms with Crippen LogP contribution in [0.5, 0.6) is 0 Å². The number of rotatable bonds is 8. The summed E-state index contributed by atoms with van der Waals surface area (Å²) < 4.78 is 67.8. The molecule has 0 saturated carbocycles. The lowest BCUT2D eigenvalue weighted by molar-refractivity contribution is -0.175. The molecule has 1 heterocycles. The van der Waals surface area contributed by atoms with Crippen LogP contribution >= 0.6 is 0 Å². The molecule has 1 aliphatic heterocycles. The SMILES string of the molecule is CS(=O)(=O)O[C@H]1O[C@@H](COC(c2ccccc2)(c2ccccc2)c2ccccc2)CC1(F)F. The van der Waals surface area contributed by atoms with Gasteiger partial charge < -0.3 is 9.47 Å². The second-order valence-corrected chi connectivity index (χ2v) is 9.55. The number of hydrogen-bond donors (Lipinski definition) is 0. The topological polar surface area (TPSA) is 61.8 Å². The molecule has 1 aliphatic rings. The lowest BCUT2D eigenvalue weighted by atomic mass is 9.80. The van der Waals surface area contributed by atoms with Crippen LogP contribution in [0, 0.1) is 0 Å². The van der Waals surface area contributed by atoms with Crippen molar-refractivity contribution in [1.82, 2.24) is 0 Å². The van der Waals surface area contributed by atoms with Gasteiger partial charge in [0, 0.05) is 6.42 Å². The van der Waals surface area contributed by atoms with E-state index in [1.165, 1.54) is 0 Å². The Morgan fingerprint density at radius 2 is 1.30 bits per heavy atom. The van der Waals surface area contributed by atoms with Crippen molar-refractivity contribution in [2.24, 2.45) is 0 Å². The van der Waals surface area contributed by atoms with Crippen LogP contribution in [-0.4, -0.2) is 39.6 Å². The summed E-state index contributed by atoms with van der Waals surface area (Å²) in [4.78, 5) is 0. The molecule has 174 valence electrons. The second kappa shape index (κ2) is 9.30. The van der Waals surface area contributed by atoms with Crippen LogP contribution < -0.4 is 0 Å². The molecular formula is C25H24F2O5S. The molecule has 0 aromatic heterocycles. The van der Waals surface area contributed by atoms with Crippen molar-refractivity contribution in [3.05, 3.63) is 108 Å². The van der Waals surface area contributed by atoms with E-state index in [-0.39, 0.29) is 6.61 Å². The molecule has 3 aromatic rings. The molecule has 0 aliphatic carbocycles. The summed E-state index contributed by atoms with van der Waals surface area (Å²) in [5.74, 6) is -3.47. The Kier molecular flexibility index (Phi) is 6.63. The molecule has 0 N–H and O–H groups in total. The van der Waals surface area contributed by atoms with Crippen molar-refractivity contribution in [2.75, 3.05) is 12.9 Å². The molecule has 2 atom stereocenters. The molecule has 1 saturated heterocycles. The third kappa shape index (κ3) is 5.14. The van der Waals surface area contributed by atoms with Gasteiger partial charge in [-0.25, -0.2) is 13.0 Å². The highest BCUT2D eigenvalue weighted by atomic mass is 32.2. The van der Waals surface area contributed by atoms with Crippen molar-refractivity contribution >= 4 is 10.1 Å². The van der Waals surface area contributed by atoms with Crippen LogP contribution in [0.2, 0.25) is 0 Å². The summed E-state index contributed by atoms with van der Waals surface area (Å²) in [5, 5.41) is 0. The molecule has 5 nitrogen and oxygen atoms in total. The molecule has 33 heavy (non-hydrogen) atoms. The molecule has 8 heteroatoms. The lowest BCUT2D eigenvalue weighted by Crippen LogP contribution is -2.36.